The first-order chi connectivity index (χ1) is 15.3. The zero-order valence-electron chi connectivity index (χ0n) is 16.7. The average Bonchev–Trinajstić information content (AvgIpc) is 3.09. The van der Waals surface area contributed by atoms with E-state index in [-0.39, 0.29) is 24.6 Å². The maximum absolute atomic E-state index is 13.3. The highest BCUT2D eigenvalue weighted by atomic mass is 19.4. The Morgan fingerprint density at radius 3 is 2.22 bits per heavy atom. The Balaban J connectivity index is 1.35. The average molecular weight is 439 g/mol. The van der Waals surface area contributed by atoms with Crippen LogP contribution in [0.1, 0.15) is 28.2 Å². The third-order valence-electron chi connectivity index (χ3n) is 5.17. The van der Waals surface area contributed by atoms with Crippen molar-refractivity contribution in [3.05, 3.63) is 94.8 Å². The van der Waals surface area contributed by atoms with Crippen molar-refractivity contribution in [2.45, 2.75) is 12.1 Å². The summed E-state index contributed by atoms with van der Waals surface area (Å²) < 4.78 is 56.9. The third-order valence-corrected chi connectivity index (χ3v) is 5.17. The van der Waals surface area contributed by atoms with Crippen LogP contribution >= 0.6 is 0 Å². The molecule has 3 aromatic carbocycles. The van der Waals surface area contributed by atoms with Crippen LogP contribution in [0.3, 0.4) is 0 Å². The van der Waals surface area contributed by atoms with Gasteiger partial charge in [0.25, 0.3) is 0 Å². The molecule has 1 N–H and O–H groups in total. The SMILES string of the molecule is O=C(NCC#Cc1ccc(F)c(C(F)(F)F)c1)OCC1c2ccccc2-c2ccccc21. The highest BCUT2D eigenvalue weighted by Gasteiger charge is 2.34. The summed E-state index contributed by atoms with van der Waals surface area (Å²) in [5, 5.41) is 2.45. The normalized spacial score (nSPS) is 12.4. The van der Waals surface area contributed by atoms with E-state index in [4.69, 9.17) is 4.74 Å². The van der Waals surface area contributed by atoms with Crippen LogP contribution in [0.25, 0.3) is 11.1 Å². The third kappa shape index (κ3) is 4.45. The van der Waals surface area contributed by atoms with Crippen LogP contribution in [0, 0.1) is 17.7 Å². The number of carbonyl (C=O) groups is 1. The molecule has 3 nitrogen and oxygen atoms in total. The molecule has 0 aliphatic heterocycles. The number of fused-ring (bicyclic) bond motifs is 3. The summed E-state index contributed by atoms with van der Waals surface area (Å²) in [6.45, 7) is 0.00952. The first-order valence-corrected chi connectivity index (χ1v) is 9.79. The van der Waals surface area contributed by atoms with Gasteiger partial charge in [-0.1, -0.05) is 60.4 Å². The molecule has 0 spiro atoms. The lowest BCUT2D eigenvalue weighted by atomic mass is 9.98. The van der Waals surface area contributed by atoms with Gasteiger partial charge >= 0.3 is 12.3 Å². The lowest BCUT2D eigenvalue weighted by molar-refractivity contribution is -0.140. The molecule has 162 valence electrons. The topological polar surface area (TPSA) is 38.3 Å². The van der Waals surface area contributed by atoms with Crippen LogP contribution in [0.4, 0.5) is 22.4 Å². The smallest absolute Gasteiger partial charge is 0.419 e. The summed E-state index contributed by atoms with van der Waals surface area (Å²) in [7, 11) is 0. The number of hydrogen-bond donors (Lipinski definition) is 1. The summed E-state index contributed by atoms with van der Waals surface area (Å²) in [5.74, 6) is 3.57. The highest BCUT2D eigenvalue weighted by molar-refractivity contribution is 5.79. The predicted octanol–water partition coefficient (Wildman–Crippen LogP) is 5.73. The summed E-state index contributed by atoms with van der Waals surface area (Å²) in [4.78, 5) is 12.1. The second-order valence-corrected chi connectivity index (χ2v) is 7.17. The van der Waals surface area contributed by atoms with E-state index in [1.54, 1.807) is 0 Å². The molecule has 4 rings (SSSR count). The molecule has 3 aromatic rings. The van der Waals surface area contributed by atoms with Crippen molar-refractivity contribution < 1.29 is 27.1 Å². The van der Waals surface area contributed by atoms with E-state index in [9.17, 15) is 22.4 Å². The molecule has 0 bridgehead atoms. The summed E-state index contributed by atoms with van der Waals surface area (Å²) in [5.41, 5.74) is 3.00. The molecule has 0 radical (unpaired) electrons. The number of amides is 1. The van der Waals surface area contributed by atoms with Gasteiger partial charge in [-0.15, -0.1) is 0 Å². The Morgan fingerprint density at radius 2 is 1.59 bits per heavy atom. The largest absolute Gasteiger partial charge is 0.449 e. The standard InChI is InChI=1S/C25H17F4NO2/c26-23-12-11-16(14-22(23)25(27,28)29)6-5-13-30-24(31)32-15-21-19-9-3-1-7-17(19)18-8-2-4-10-20(18)21/h1-4,7-12,14,21H,13,15H2,(H,30,31). The van der Waals surface area contributed by atoms with Crippen molar-refractivity contribution in [3.63, 3.8) is 0 Å². The van der Waals surface area contributed by atoms with E-state index in [1.807, 2.05) is 48.5 Å². The van der Waals surface area contributed by atoms with E-state index < -0.39 is 23.7 Å². The zero-order valence-corrected chi connectivity index (χ0v) is 16.7. The highest BCUT2D eigenvalue weighted by Crippen LogP contribution is 2.44. The quantitative estimate of drug-likeness (QED) is 0.418. The molecule has 0 saturated heterocycles. The molecule has 32 heavy (non-hydrogen) atoms. The number of carbonyl (C=O) groups excluding carboxylic acids is 1. The zero-order chi connectivity index (χ0) is 22.7. The van der Waals surface area contributed by atoms with Gasteiger partial charge in [0.15, 0.2) is 0 Å². The lowest BCUT2D eigenvalue weighted by Gasteiger charge is -2.14. The Kier molecular flexibility index (Phi) is 5.87. The van der Waals surface area contributed by atoms with Gasteiger partial charge in [0, 0.05) is 11.5 Å². The Bertz CT molecular complexity index is 1180. The Hall–Kier alpha value is -3.79. The first-order valence-electron chi connectivity index (χ1n) is 9.79. The second kappa shape index (κ2) is 8.75. The van der Waals surface area contributed by atoms with Crippen LogP contribution in [-0.4, -0.2) is 19.2 Å². The van der Waals surface area contributed by atoms with Crippen LogP contribution in [0.15, 0.2) is 66.7 Å². The molecular formula is C25H17F4NO2. The van der Waals surface area contributed by atoms with Crippen LogP contribution in [0.5, 0.6) is 0 Å². The molecule has 0 saturated carbocycles. The van der Waals surface area contributed by atoms with Gasteiger partial charge in [-0.25, -0.2) is 9.18 Å². The fourth-order valence-electron chi connectivity index (χ4n) is 3.73. The first kappa shape index (κ1) is 21.4. The minimum Gasteiger partial charge on any atom is -0.449 e. The molecular weight excluding hydrogens is 422 g/mol. The predicted molar refractivity (Wildman–Crippen MR) is 111 cm³/mol. The monoisotopic (exact) mass is 439 g/mol. The maximum Gasteiger partial charge on any atom is 0.419 e. The van der Waals surface area contributed by atoms with Crippen molar-refractivity contribution in [3.8, 4) is 23.0 Å². The number of alkyl halides is 3. The Labute approximate surface area is 182 Å². The summed E-state index contributed by atoms with van der Waals surface area (Å²) in [6.07, 6.45) is -5.49. The molecule has 1 amide bonds. The van der Waals surface area contributed by atoms with E-state index in [1.165, 1.54) is 0 Å². The van der Waals surface area contributed by atoms with E-state index in [0.717, 1.165) is 28.3 Å². The van der Waals surface area contributed by atoms with E-state index >= 15 is 0 Å². The van der Waals surface area contributed by atoms with Crippen molar-refractivity contribution >= 4 is 6.09 Å². The number of alkyl carbamates (subject to hydrolysis) is 1. The number of rotatable bonds is 3. The summed E-state index contributed by atoms with van der Waals surface area (Å²) >= 11 is 0. The molecule has 0 aromatic heterocycles. The molecule has 7 heteroatoms. The van der Waals surface area contributed by atoms with Gasteiger partial charge in [0.2, 0.25) is 0 Å². The molecule has 0 fully saturated rings. The van der Waals surface area contributed by atoms with E-state index in [0.29, 0.717) is 12.1 Å². The summed E-state index contributed by atoms with van der Waals surface area (Å²) in [6, 6.07) is 18.4. The van der Waals surface area contributed by atoms with Gasteiger partial charge in [-0.3, -0.25) is 0 Å². The van der Waals surface area contributed by atoms with Crippen LogP contribution < -0.4 is 5.32 Å². The number of ether oxygens (including phenoxy) is 1. The molecule has 1 aliphatic carbocycles. The molecule has 0 atom stereocenters. The minimum atomic E-state index is -4.80. The molecule has 0 unspecified atom stereocenters. The second-order valence-electron chi connectivity index (χ2n) is 7.17. The number of nitrogens with one attached hydrogen (secondary N) is 1. The van der Waals surface area contributed by atoms with E-state index in [2.05, 4.69) is 17.2 Å². The number of benzene rings is 3. The number of halogens is 4. The van der Waals surface area contributed by atoms with Crippen molar-refractivity contribution in [1.29, 1.82) is 0 Å². The fourth-order valence-corrected chi connectivity index (χ4v) is 3.73. The van der Waals surface area contributed by atoms with Crippen LogP contribution in [-0.2, 0) is 10.9 Å². The van der Waals surface area contributed by atoms with Gasteiger partial charge < -0.3 is 10.1 Å². The van der Waals surface area contributed by atoms with Crippen LogP contribution in [0.2, 0.25) is 0 Å². The van der Waals surface area contributed by atoms with Gasteiger partial charge in [-0.05, 0) is 40.5 Å². The van der Waals surface area contributed by atoms with Gasteiger partial charge in [0.05, 0.1) is 12.1 Å². The fraction of sp³-hybridized carbons (Fsp3) is 0.160. The van der Waals surface area contributed by atoms with Crippen molar-refractivity contribution in [1.82, 2.24) is 5.32 Å². The van der Waals surface area contributed by atoms with Gasteiger partial charge in [-0.2, -0.15) is 13.2 Å². The maximum atomic E-state index is 13.3. The van der Waals surface area contributed by atoms with Crippen molar-refractivity contribution in [2.24, 2.45) is 0 Å². The molecule has 0 heterocycles. The van der Waals surface area contributed by atoms with Crippen molar-refractivity contribution in [2.75, 3.05) is 13.2 Å². The minimum absolute atomic E-state index is 0.00642. The Morgan fingerprint density at radius 1 is 0.969 bits per heavy atom. The molecule has 1 aliphatic rings. The van der Waals surface area contributed by atoms with Gasteiger partial charge in [0.1, 0.15) is 12.4 Å². The number of hydrogen-bond acceptors (Lipinski definition) is 2. The lowest BCUT2D eigenvalue weighted by Crippen LogP contribution is -2.26.